The predicted molar refractivity (Wildman–Crippen MR) is 106 cm³/mol. The van der Waals surface area contributed by atoms with Crippen molar-refractivity contribution in [1.29, 1.82) is 0 Å². The second-order valence-corrected chi connectivity index (χ2v) is 7.38. The van der Waals surface area contributed by atoms with Gasteiger partial charge >= 0.3 is 0 Å². The number of thiophene rings is 1. The first kappa shape index (κ1) is 19.2. The van der Waals surface area contributed by atoms with Gasteiger partial charge in [0, 0.05) is 47.6 Å². The molecule has 5 nitrogen and oxygen atoms in total. The molecule has 0 aliphatic carbocycles. The van der Waals surface area contributed by atoms with Crippen LogP contribution in [0.2, 0.25) is 0 Å². The van der Waals surface area contributed by atoms with E-state index in [1.54, 1.807) is 13.2 Å². The summed E-state index contributed by atoms with van der Waals surface area (Å²) in [6.45, 7) is 7.69. The van der Waals surface area contributed by atoms with Gasteiger partial charge in [0.1, 0.15) is 0 Å². The SMILES string of the molecule is CCCOc1ncccc1CNC(=NC)NC(C)Cc1ccc(C)s1. The third-order valence-electron chi connectivity index (χ3n) is 3.65. The van der Waals surface area contributed by atoms with Gasteiger partial charge in [0.05, 0.1) is 6.61 Å². The van der Waals surface area contributed by atoms with E-state index in [1.807, 2.05) is 23.5 Å². The van der Waals surface area contributed by atoms with Crippen molar-refractivity contribution in [2.75, 3.05) is 13.7 Å². The van der Waals surface area contributed by atoms with Crippen LogP contribution in [0, 0.1) is 6.92 Å². The van der Waals surface area contributed by atoms with Crippen LogP contribution >= 0.6 is 11.3 Å². The summed E-state index contributed by atoms with van der Waals surface area (Å²) in [6, 6.07) is 8.61. The van der Waals surface area contributed by atoms with Crippen LogP contribution in [-0.4, -0.2) is 30.6 Å². The van der Waals surface area contributed by atoms with E-state index < -0.39 is 0 Å². The highest BCUT2D eigenvalue weighted by Gasteiger charge is 2.09. The van der Waals surface area contributed by atoms with Gasteiger partial charge in [-0.1, -0.05) is 13.0 Å². The molecular formula is C19H28N4OS. The van der Waals surface area contributed by atoms with Crippen LogP contribution in [0.5, 0.6) is 5.88 Å². The minimum Gasteiger partial charge on any atom is -0.477 e. The summed E-state index contributed by atoms with van der Waals surface area (Å²) >= 11 is 1.85. The molecule has 0 saturated carbocycles. The van der Waals surface area contributed by atoms with E-state index in [2.05, 4.69) is 53.5 Å². The smallest absolute Gasteiger partial charge is 0.218 e. The summed E-state index contributed by atoms with van der Waals surface area (Å²) < 4.78 is 5.70. The van der Waals surface area contributed by atoms with Crippen LogP contribution in [0.25, 0.3) is 0 Å². The lowest BCUT2D eigenvalue weighted by Gasteiger charge is -2.18. The molecule has 0 aromatic carbocycles. The lowest BCUT2D eigenvalue weighted by Crippen LogP contribution is -2.42. The molecule has 0 spiro atoms. The van der Waals surface area contributed by atoms with Gasteiger partial charge in [-0.2, -0.15) is 0 Å². The number of rotatable bonds is 8. The highest BCUT2D eigenvalue weighted by molar-refractivity contribution is 7.11. The maximum absolute atomic E-state index is 5.70. The van der Waals surface area contributed by atoms with Crippen molar-refractivity contribution in [2.24, 2.45) is 4.99 Å². The first-order valence-electron chi connectivity index (χ1n) is 8.71. The van der Waals surface area contributed by atoms with Gasteiger partial charge in [-0.15, -0.1) is 11.3 Å². The number of aromatic nitrogens is 1. The number of aryl methyl sites for hydroxylation is 1. The molecule has 1 unspecified atom stereocenters. The summed E-state index contributed by atoms with van der Waals surface area (Å²) in [6.07, 6.45) is 3.70. The lowest BCUT2D eigenvalue weighted by atomic mass is 10.2. The van der Waals surface area contributed by atoms with Crippen molar-refractivity contribution in [2.45, 2.75) is 46.2 Å². The molecule has 1 atom stereocenters. The number of aliphatic imine (C=N–C) groups is 1. The van der Waals surface area contributed by atoms with Gasteiger partial charge in [0.15, 0.2) is 5.96 Å². The number of nitrogens with zero attached hydrogens (tertiary/aromatic N) is 2. The first-order valence-corrected chi connectivity index (χ1v) is 9.53. The number of hydrogen-bond acceptors (Lipinski definition) is 4. The van der Waals surface area contributed by atoms with Crippen LogP contribution in [0.4, 0.5) is 0 Å². The van der Waals surface area contributed by atoms with Crippen LogP contribution in [0.15, 0.2) is 35.5 Å². The van der Waals surface area contributed by atoms with E-state index in [4.69, 9.17) is 4.74 Å². The number of ether oxygens (including phenoxy) is 1. The molecule has 2 heterocycles. The Labute approximate surface area is 154 Å². The fourth-order valence-corrected chi connectivity index (χ4v) is 3.46. The first-order chi connectivity index (χ1) is 12.1. The van der Waals surface area contributed by atoms with Crippen molar-refractivity contribution < 1.29 is 4.74 Å². The van der Waals surface area contributed by atoms with Crippen molar-refractivity contribution >= 4 is 17.3 Å². The third kappa shape index (κ3) is 6.38. The number of nitrogens with one attached hydrogen (secondary N) is 2. The van der Waals surface area contributed by atoms with E-state index >= 15 is 0 Å². The molecule has 2 aromatic rings. The van der Waals surface area contributed by atoms with Crippen LogP contribution < -0.4 is 15.4 Å². The second-order valence-electron chi connectivity index (χ2n) is 6.00. The molecule has 0 bridgehead atoms. The Hall–Kier alpha value is -2.08. The molecular weight excluding hydrogens is 332 g/mol. The van der Waals surface area contributed by atoms with E-state index in [1.165, 1.54) is 9.75 Å². The largest absolute Gasteiger partial charge is 0.477 e. The maximum Gasteiger partial charge on any atom is 0.218 e. The standard InChI is InChI=1S/C19H28N4OS/c1-5-11-24-18-16(7-6-10-21-18)13-22-19(20-4)23-14(2)12-17-9-8-15(3)25-17/h6-10,14H,5,11-13H2,1-4H3,(H2,20,22,23). The summed E-state index contributed by atoms with van der Waals surface area (Å²) in [5.74, 6) is 1.47. The van der Waals surface area contributed by atoms with Crippen LogP contribution in [-0.2, 0) is 13.0 Å². The Kier molecular flexibility index (Phi) is 7.73. The van der Waals surface area contributed by atoms with Gasteiger partial charge in [-0.05, 0) is 38.5 Å². The van der Waals surface area contributed by atoms with Crippen molar-refractivity contribution in [3.05, 3.63) is 45.8 Å². The number of hydrogen-bond donors (Lipinski definition) is 2. The molecule has 0 radical (unpaired) electrons. The second kappa shape index (κ2) is 10.0. The zero-order valence-corrected chi connectivity index (χ0v) is 16.3. The maximum atomic E-state index is 5.70. The van der Waals surface area contributed by atoms with Crippen LogP contribution in [0.3, 0.4) is 0 Å². The summed E-state index contributed by atoms with van der Waals surface area (Å²) in [7, 11) is 1.79. The third-order valence-corrected chi connectivity index (χ3v) is 4.67. The minimum atomic E-state index is 0.300. The van der Waals surface area contributed by atoms with Gasteiger partial charge < -0.3 is 15.4 Å². The molecule has 0 aliphatic heterocycles. The topological polar surface area (TPSA) is 58.5 Å². The van der Waals surface area contributed by atoms with Gasteiger partial charge in [-0.25, -0.2) is 4.98 Å². The van der Waals surface area contributed by atoms with Gasteiger partial charge in [0.2, 0.25) is 5.88 Å². The zero-order chi connectivity index (χ0) is 18.1. The van der Waals surface area contributed by atoms with Crippen molar-refractivity contribution in [3.8, 4) is 5.88 Å². The number of pyridine rings is 1. The van der Waals surface area contributed by atoms with Crippen LogP contribution in [0.1, 0.15) is 35.6 Å². The Bertz CT molecular complexity index is 684. The Morgan fingerprint density at radius 1 is 1.36 bits per heavy atom. The minimum absolute atomic E-state index is 0.300. The van der Waals surface area contributed by atoms with Gasteiger partial charge in [-0.3, -0.25) is 4.99 Å². The molecule has 2 N–H and O–H groups in total. The summed E-state index contributed by atoms with van der Waals surface area (Å²) in [5.41, 5.74) is 1.03. The van der Waals surface area contributed by atoms with Gasteiger partial charge in [0.25, 0.3) is 0 Å². The molecule has 136 valence electrons. The normalized spacial score (nSPS) is 12.7. The van der Waals surface area contributed by atoms with E-state index in [0.29, 0.717) is 25.1 Å². The lowest BCUT2D eigenvalue weighted by molar-refractivity contribution is 0.301. The summed E-state index contributed by atoms with van der Waals surface area (Å²) in [4.78, 5) is 11.4. The Balaban J connectivity index is 1.88. The van der Waals surface area contributed by atoms with Crippen molar-refractivity contribution in [1.82, 2.24) is 15.6 Å². The average Bonchev–Trinajstić information content (AvgIpc) is 3.02. The van der Waals surface area contributed by atoms with E-state index in [0.717, 1.165) is 24.4 Å². The highest BCUT2D eigenvalue weighted by atomic mass is 32.1. The fraction of sp³-hybridized carbons (Fsp3) is 0.474. The fourth-order valence-electron chi connectivity index (χ4n) is 2.44. The number of guanidine groups is 1. The molecule has 2 rings (SSSR count). The highest BCUT2D eigenvalue weighted by Crippen LogP contribution is 2.17. The Morgan fingerprint density at radius 2 is 2.20 bits per heavy atom. The quantitative estimate of drug-likeness (QED) is 0.558. The molecule has 0 aliphatic rings. The predicted octanol–water partition coefficient (Wildman–Crippen LogP) is 3.54. The molecule has 0 saturated heterocycles. The van der Waals surface area contributed by atoms with E-state index in [9.17, 15) is 0 Å². The molecule has 2 aromatic heterocycles. The summed E-state index contributed by atoms with van der Waals surface area (Å²) in [5, 5.41) is 6.79. The Morgan fingerprint density at radius 3 is 2.88 bits per heavy atom. The molecule has 6 heteroatoms. The molecule has 0 fully saturated rings. The van der Waals surface area contributed by atoms with E-state index in [-0.39, 0.29) is 0 Å². The average molecular weight is 361 g/mol. The zero-order valence-electron chi connectivity index (χ0n) is 15.5. The molecule has 0 amide bonds. The monoisotopic (exact) mass is 360 g/mol. The molecule has 25 heavy (non-hydrogen) atoms. The van der Waals surface area contributed by atoms with Crippen molar-refractivity contribution in [3.63, 3.8) is 0 Å².